The van der Waals surface area contributed by atoms with Crippen molar-refractivity contribution < 1.29 is 0 Å². The molecule has 0 amide bonds. The fourth-order valence-electron chi connectivity index (χ4n) is 0.848. The van der Waals surface area contributed by atoms with Gasteiger partial charge in [0.25, 0.3) is 0 Å². The van der Waals surface area contributed by atoms with Gasteiger partial charge in [-0.15, -0.1) is 0 Å². The molecule has 0 radical (unpaired) electrons. The highest BCUT2D eigenvalue weighted by molar-refractivity contribution is 7.71. The van der Waals surface area contributed by atoms with E-state index < -0.39 is 0 Å². The molecule has 0 fully saturated rings. The third-order valence-corrected chi connectivity index (χ3v) is 2.29. The second-order valence-corrected chi connectivity index (χ2v) is 3.51. The molecule has 1 rings (SSSR count). The van der Waals surface area contributed by atoms with E-state index in [2.05, 4.69) is 22.0 Å². The zero-order chi connectivity index (χ0) is 9.14. The topological polar surface area (TPSA) is 36.9 Å². The minimum atomic E-state index is 0.467. The lowest BCUT2D eigenvalue weighted by Gasteiger charge is -2.19. The van der Waals surface area contributed by atoms with Gasteiger partial charge in [0.1, 0.15) is 6.33 Å². The summed E-state index contributed by atoms with van der Waals surface area (Å²) < 4.78 is 2.61. The molecule has 4 nitrogen and oxygen atoms in total. The molecule has 12 heavy (non-hydrogen) atoms. The van der Waals surface area contributed by atoms with Gasteiger partial charge in [0, 0.05) is 12.6 Å². The number of nitrogens with one attached hydrogen (secondary N) is 1. The Kier molecular flexibility index (Phi) is 2.99. The minimum Gasteiger partial charge on any atom is -0.305 e. The maximum Gasteiger partial charge on any atom is 0.194 e. The van der Waals surface area contributed by atoms with Gasteiger partial charge in [-0.05, 0) is 33.2 Å². The van der Waals surface area contributed by atoms with E-state index in [0.717, 1.165) is 6.54 Å². The number of aromatic nitrogens is 3. The zero-order valence-electron chi connectivity index (χ0n) is 7.61. The smallest absolute Gasteiger partial charge is 0.194 e. The predicted molar refractivity (Wildman–Crippen MR) is 50.6 cm³/mol. The van der Waals surface area contributed by atoms with Gasteiger partial charge in [0.2, 0.25) is 0 Å². The summed E-state index contributed by atoms with van der Waals surface area (Å²) in [6.07, 6.45) is 1.72. The lowest BCUT2D eigenvalue weighted by atomic mass is 10.3. The molecule has 0 aliphatic heterocycles. The molecule has 5 heteroatoms. The van der Waals surface area contributed by atoms with E-state index in [9.17, 15) is 0 Å². The first-order chi connectivity index (χ1) is 5.61. The van der Waals surface area contributed by atoms with E-state index in [1.54, 1.807) is 6.33 Å². The van der Waals surface area contributed by atoms with Crippen LogP contribution in [0.1, 0.15) is 6.92 Å². The summed E-state index contributed by atoms with van der Waals surface area (Å²) in [5.41, 5.74) is 0. The van der Waals surface area contributed by atoms with Crippen molar-refractivity contribution in [3.8, 4) is 0 Å². The molecule has 1 N–H and O–H groups in total. The Morgan fingerprint density at radius 2 is 2.42 bits per heavy atom. The summed E-state index contributed by atoms with van der Waals surface area (Å²) in [5.74, 6) is 0. The van der Waals surface area contributed by atoms with E-state index in [1.165, 1.54) is 0 Å². The molecular weight excluding hydrogens is 172 g/mol. The monoisotopic (exact) mass is 186 g/mol. The SMILES string of the molecule is CC(Cn1cn[nH]c1=S)N(C)C. The van der Waals surface area contributed by atoms with Gasteiger partial charge in [0.15, 0.2) is 4.77 Å². The number of hydrogen-bond acceptors (Lipinski definition) is 3. The van der Waals surface area contributed by atoms with Gasteiger partial charge in [-0.2, -0.15) is 5.10 Å². The Bertz CT molecular complexity index is 288. The standard InChI is InChI=1S/C7H14N4S/c1-6(10(2)3)4-11-5-8-9-7(11)12/h5-6H,4H2,1-3H3,(H,9,12). The second kappa shape index (κ2) is 3.82. The van der Waals surface area contributed by atoms with Crippen LogP contribution in [0.25, 0.3) is 0 Å². The van der Waals surface area contributed by atoms with Gasteiger partial charge >= 0.3 is 0 Å². The molecule has 1 heterocycles. The van der Waals surface area contributed by atoms with Crippen LogP contribution < -0.4 is 0 Å². The maximum atomic E-state index is 5.02. The fourth-order valence-corrected chi connectivity index (χ4v) is 1.02. The molecule has 0 aliphatic rings. The molecule has 1 atom stereocenters. The van der Waals surface area contributed by atoms with Crippen molar-refractivity contribution in [2.75, 3.05) is 14.1 Å². The Labute approximate surface area is 77.2 Å². The number of likely N-dealkylation sites (N-methyl/N-ethyl adjacent to an activating group) is 1. The second-order valence-electron chi connectivity index (χ2n) is 3.13. The van der Waals surface area contributed by atoms with Gasteiger partial charge in [-0.3, -0.25) is 5.10 Å². The van der Waals surface area contributed by atoms with Crippen LogP contribution >= 0.6 is 12.2 Å². The molecule has 0 aromatic carbocycles. The first-order valence-corrected chi connectivity index (χ1v) is 4.28. The highest BCUT2D eigenvalue weighted by Gasteiger charge is 2.05. The van der Waals surface area contributed by atoms with E-state index >= 15 is 0 Å². The molecular formula is C7H14N4S. The summed E-state index contributed by atoms with van der Waals surface area (Å²) in [6, 6.07) is 0.467. The molecule has 0 bridgehead atoms. The van der Waals surface area contributed by atoms with Crippen molar-refractivity contribution in [1.82, 2.24) is 19.7 Å². The van der Waals surface area contributed by atoms with Crippen LogP contribution in [0.4, 0.5) is 0 Å². The van der Waals surface area contributed by atoms with Gasteiger partial charge in [-0.25, -0.2) is 0 Å². The predicted octanol–water partition coefficient (Wildman–Crippen LogP) is 0.891. The lowest BCUT2D eigenvalue weighted by molar-refractivity contribution is 0.283. The summed E-state index contributed by atoms with van der Waals surface area (Å²) in [5, 5.41) is 6.57. The first-order valence-electron chi connectivity index (χ1n) is 3.87. The van der Waals surface area contributed by atoms with Gasteiger partial charge < -0.3 is 9.47 Å². The average molecular weight is 186 g/mol. The van der Waals surface area contributed by atoms with E-state index in [-0.39, 0.29) is 0 Å². The molecule has 0 saturated carbocycles. The summed E-state index contributed by atoms with van der Waals surface area (Å²) in [6.45, 7) is 3.02. The Morgan fingerprint density at radius 3 is 2.83 bits per heavy atom. The van der Waals surface area contributed by atoms with E-state index in [0.29, 0.717) is 10.8 Å². The van der Waals surface area contributed by atoms with Crippen LogP contribution in [0.2, 0.25) is 0 Å². The van der Waals surface area contributed by atoms with Crippen LogP contribution in [0.5, 0.6) is 0 Å². The maximum absolute atomic E-state index is 5.02. The molecule has 1 unspecified atom stereocenters. The van der Waals surface area contributed by atoms with Crippen molar-refractivity contribution in [3.63, 3.8) is 0 Å². The van der Waals surface area contributed by atoms with Crippen molar-refractivity contribution >= 4 is 12.2 Å². The molecule has 0 saturated heterocycles. The number of hydrogen-bond donors (Lipinski definition) is 1. The zero-order valence-corrected chi connectivity index (χ0v) is 8.43. The highest BCUT2D eigenvalue weighted by Crippen LogP contribution is 1.97. The summed E-state index contributed by atoms with van der Waals surface area (Å²) in [4.78, 5) is 2.15. The summed E-state index contributed by atoms with van der Waals surface area (Å²) >= 11 is 5.02. The van der Waals surface area contributed by atoms with Gasteiger partial charge in [0.05, 0.1) is 0 Å². The number of nitrogens with zero attached hydrogens (tertiary/aromatic N) is 3. The Morgan fingerprint density at radius 1 is 1.75 bits per heavy atom. The van der Waals surface area contributed by atoms with Crippen molar-refractivity contribution in [3.05, 3.63) is 11.1 Å². The quantitative estimate of drug-likeness (QED) is 0.712. The highest BCUT2D eigenvalue weighted by atomic mass is 32.1. The van der Waals surface area contributed by atoms with Crippen molar-refractivity contribution in [2.45, 2.75) is 19.5 Å². The van der Waals surface area contributed by atoms with Crippen LogP contribution in [-0.2, 0) is 6.54 Å². The van der Waals surface area contributed by atoms with Gasteiger partial charge in [-0.1, -0.05) is 0 Å². The van der Waals surface area contributed by atoms with Crippen LogP contribution in [0.3, 0.4) is 0 Å². The number of rotatable bonds is 3. The Hall–Kier alpha value is -0.680. The van der Waals surface area contributed by atoms with Crippen LogP contribution in [-0.4, -0.2) is 39.8 Å². The van der Waals surface area contributed by atoms with E-state index in [4.69, 9.17) is 12.2 Å². The van der Waals surface area contributed by atoms with E-state index in [1.807, 2.05) is 18.7 Å². The minimum absolute atomic E-state index is 0.467. The fraction of sp³-hybridized carbons (Fsp3) is 0.714. The third kappa shape index (κ3) is 2.15. The number of aromatic amines is 1. The summed E-state index contributed by atoms with van der Waals surface area (Å²) in [7, 11) is 4.10. The molecule has 0 aliphatic carbocycles. The van der Waals surface area contributed by atoms with Crippen LogP contribution in [0.15, 0.2) is 6.33 Å². The average Bonchev–Trinajstić information content (AvgIpc) is 2.36. The number of H-pyrrole nitrogens is 1. The van der Waals surface area contributed by atoms with Crippen LogP contribution in [0, 0.1) is 4.77 Å². The third-order valence-electron chi connectivity index (χ3n) is 1.96. The lowest BCUT2D eigenvalue weighted by Crippen LogP contribution is -2.29. The first kappa shape index (κ1) is 9.41. The van der Waals surface area contributed by atoms with Crippen molar-refractivity contribution in [2.24, 2.45) is 0 Å². The molecule has 1 aromatic heterocycles. The Balaban J connectivity index is 2.64. The van der Waals surface area contributed by atoms with Crippen molar-refractivity contribution in [1.29, 1.82) is 0 Å². The molecule has 1 aromatic rings. The molecule has 0 spiro atoms. The largest absolute Gasteiger partial charge is 0.305 e. The molecule has 68 valence electrons. The normalized spacial score (nSPS) is 13.7.